The summed E-state index contributed by atoms with van der Waals surface area (Å²) in [7, 11) is 3.11. The number of anilines is 1. The van der Waals surface area contributed by atoms with E-state index in [4.69, 9.17) is 14.2 Å². The highest BCUT2D eigenvalue weighted by atomic mass is 16.5. The molecular weight excluding hydrogens is 386 g/mol. The molecule has 158 valence electrons. The van der Waals surface area contributed by atoms with Crippen molar-refractivity contribution >= 4 is 23.7 Å². The van der Waals surface area contributed by atoms with Crippen LogP contribution >= 0.6 is 0 Å². The maximum absolute atomic E-state index is 12.5. The topological polar surface area (TPSA) is 89.5 Å². The third kappa shape index (κ3) is 4.89. The third-order valence-electron chi connectivity index (χ3n) is 4.75. The third-order valence-corrected chi connectivity index (χ3v) is 4.75. The fourth-order valence-electron chi connectivity index (χ4n) is 3.22. The van der Waals surface area contributed by atoms with Gasteiger partial charge in [0.05, 0.1) is 33.0 Å². The van der Waals surface area contributed by atoms with Crippen molar-refractivity contribution in [3.63, 3.8) is 0 Å². The van der Waals surface area contributed by atoms with Crippen LogP contribution < -0.4 is 24.5 Å². The first-order valence-corrected chi connectivity index (χ1v) is 9.63. The van der Waals surface area contributed by atoms with Crippen LogP contribution in [-0.2, 0) is 9.59 Å². The number of nitrogens with zero attached hydrogens (tertiary/aromatic N) is 2. The highest BCUT2D eigenvalue weighted by Crippen LogP contribution is 2.28. The van der Waals surface area contributed by atoms with Crippen LogP contribution in [0.15, 0.2) is 47.6 Å². The first-order chi connectivity index (χ1) is 14.5. The van der Waals surface area contributed by atoms with Crippen molar-refractivity contribution < 1.29 is 23.8 Å². The van der Waals surface area contributed by atoms with Gasteiger partial charge >= 0.3 is 0 Å². The molecule has 1 aliphatic rings. The molecule has 0 radical (unpaired) electrons. The number of hydrazone groups is 1. The molecule has 3 rings (SSSR count). The fraction of sp³-hybridized carbons (Fsp3) is 0.318. The number of ether oxygens (including phenoxy) is 3. The number of methoxy groups -OCH3 is 2. The summed E-state index contributed by atoms with van der Waals surface area (Å²) in [5.41, 5.74) is 4.00. The summed E-state index contributed by atoms with van der Waals surface area (Å²) in [6, 6.07) is 12.6. The molecule has 8 nitrogen and oxygen atoms in total. The molecule has 1 heterocycles. The standard InChI is InChI=1S/C22H25N3O5/c1-4-30-18-8-6-17(7-9-18)25-14-16(12-21(25)26)22(27)24-23-13-15-5-10-19(28-2)20(11-15)29-3/h5-11,13,16H,4,12,14H2,1-3H3,(H,24,27)/b23-13-/t16-/m1/s1. The minimum atomic E-state index is -0.466. The number of benzene rings is 2. The maximum atomic E-state index is 12.5. The Bertz CT molecular complexity index is 927. The number of carbonyl (C=O) groups excluding carboxylic acids is 2. The molecule has 1 atom stereocenters. The monoisotopic (exact) mass is 411 g/mol. The van der Waals surface area contributed by atoms with Crippen molar-refractivity contribution in [1.29, 1.82) is 0 Å². The van der Waals surface area contributed by atoms with Gasteiger partial charge in [-0.2, -0.15) is 5.10 Å². The highest BCUT2D eigenvalue weighted by Gasteiger charge is 2.35. The Kier molecular flexibility index (Phi) is 6.90. The zero-order chi connectivity index (χ0) is 21.5. The van der Waals surface area contributed by atoms with Gasteiger partial charge in [0.2, 0.25) is 11.8 Å². The van der Waals surface area contributed by atoms with Crippen molar-refractivity contribution in [3.8, 4) is 17.2 Å². The Morgan fingerprint density at radius 1 is 1.17 bits per heavy atom. The molecule has 0 bridgehead atoms. The van der Waals surface area contributed by atoms with Crippen molar-refractivity contribution in [3.05, 3.63) is 48.0 Å². The maximum Gasteiger partial charge on any atom is 0.245 e. The SMILES string of the molecule is CCOc1ccc(N2C[C@H](C(=O)N/N=C\c3ccc(OC)c(OC)c3)CC2=O)cc1. The molecule has 1 N–H and O–H groups in total. The van der Waals surface area contributed by atoms with Crippen LogP contribution in [0.5, 0.6) is 17.2 Å². The molecule has 0 spiro atoms. The van der Waals surface area contributed by atoms with Gasteiger partial charge in [-0.3, -0.25) is 9.59 Å². The van der Waals surface area contributed by atoms with E-state index in [-0.39, 0.29) is 18.2 Å². The largest absolute Gasteiger partial charge is 0.494 e. The van der Waals surface area contributed by atoms with Gasteiger partial charge in [0, 0.05) is 18.7 Å². The molecule has 2 amide bonds. The van der Waals surface area contributed by atoms with E-state index in [9.17, 15) is 9.59 Å². The van der Waals surface area contributed by atoms with E-state index in [0.29, 0.717) is 24.7 Å². The summed E-state index contributed by atoms with van der Waals surface area (Å²) in [5, 5.41) is 4.00. The molecular formula is C22H25N3O5. The van der Waals surface area contributed by atoms with Crippen LogP contribution in [0.1, 0.15) is 18.9 Å². The average Bonchev–Trinajstić information content (AvgIpc) is 3.16. The Labute approximate surface area is 175 Å². The molecule has 0 saturated carbocycles. The Morgan fingerprint density at radius 2 is 1.90 bits per heavy atom. The highest BCUT2D eigenvalue weighted by molar-refractivity contribution is 6.00. The molecule has 2 aromatic carbocycles. The van der Waals surface area contributed by atoms with Gasteiger partial charge in [0.1, 0.15) is 5.75 Å². The molecule has 0 unspecified atom stereocenters. The Morgan fingerprint density at radius 3 is 2.57 bits per heavy atom. The van der Waals surface area contributed by atoms with E-state index in [1.54, 1.807) is 37.3 Å². The van der Waals surface area contributed by atoms with E-state index < -0.39 is 5.92 Å². The lowest BCUT2D eigenvalue weighted by Gasteiger charge is -2.17. The van der Waals surface area contributed by atoms with Gasteiger partial charge in [0.25, 0.3) is 0 Å². The van der Waals surface area contributed by atoms with Crippen LogP contribution in [0.3, 0.4) is 0 Å². The molecule has 1 saturated heterocycles. The van der Waals surface area contributed by atoms with Crippen LogP contribution in [0.25, 0.3) is 0 Å². The minimum Gasteiger partial charge on any atom is -0.494 e. The normalized spacial score (nSPS) is 16.0. The van der Waals surface area contributed by atoms with E-state index in [1.165, 1.54) is 6.21 Å². The van der Waals surface area contributed by atoms with Gasteiger partial charge in [0.15, 0.2) is 11.5 Å². The lowest BCUT2D eigenvalue weighted by Crippen LogP contribution is -2.30. The lowest BCUT2D eigenvalue weighted by molar-refractivity contribution is -0.126. The zero-order valence-corrected chi connectivity index (χ0v) is 17.3. The summed E-state index contributed by atoms with van der Waals surface area (Å²) in [4.78, 5) is 26.4. The number of nitrogens with one attached hydrogen (secondary N) is 1. The van der Waals surface area contributed by atoms with Crippen LogP contribution in [0.4, 0.5) is 5.69 Å². The summed E-state index contributed by atoms with van der Waals surface area (Å²) >= 11 is 0. The van der Waals surface area contributed by atoms with Crippen molar-refractivity contribution in [2.75, 3.05) is 32.3 Å². The predicted octanol–water partition coefficient (Wildman–Crippen LogP) is 2.61. The number of hydrogen-bond donors (Lipinski definition) is 1. The molecule has 8 heteroatoms. The second-order valence-electron chi connectivity index (χ2n) is 6.68. The molecule has 30 heavy (non-hydrogen) atoms. The second kappa shape index (κ2) is 9.78. The van der Waals surface area contributed by atoms with E-state index >= 15 is 0 Å². The van der Waals surface area contributed by atoms with Gasteiger partial charge < -0.3 is 19.1 Å². The Balaban J connectivity index is 1.58. The van der Waals surface area contributed by atoms with E-state index in [0.717, 1.165) is 17.0 Å². The molecule has 1 aliphatic heterocycles. The first-order valence-electron chi connectivity index (χ1n) is 9.63. The second-order valence-corrected chi connectivity index (χ2v) is 6.68. The molecule has 0 aliphatic carbocycles. The van der Waals surface area contributed by atoms with Crippen LogP contribution in [0, 0.1) is 5.92 Å². The quantitative estimate of drug-likeness (QED) is 0.533. The van der Waals surface area contributed by atoms with Gasteiger partial charge in [-0.15, -0.1) is 0 Å². The van der Waals surface area contributed by atoms with Crippen molar-refractivity contribution in [2.24, 2.45) is 11.0 Å². The van der Waals surface area contributed by atoms with Crippen LogP contribution in [0.2, 0.25) is 0 Å². The fourth-order valence-corrected chi connectivity index (χ4v) is 3.22. The number of amides is 2. The molecule has 0 aromatic heterocycles. The lowest BCUT2D eigenvalue weighted by atomic mass is 10.1. The summed E-state index contributed by atoms with van der Waals surface area (Å²) in [5.74, 6) is 1.06. The summed E-state index contributed by atoms with van der Waals surface area (Å²) in [6.45, 7) is 2.80. The van der Waals surface area contributed by atoms with E-state index in [2.05, 4.69) is 10.5 Å². The zero-order valence-electron chi connectivity index (χ0n) is 17.3. The predicted molar refractivity (Wildman–Crippen MR) is 113 cm³/mol. The number of hydrogen-bond acceptors (Lipinski definition) is 6. The minimum absolute atomic E-state index is 0.0943. The number of rotatable bonds is 8. The number of carbonyl (C=O) groups is 2. The molecule has 2 aromatic rings. The van der Waals surface area contributed by atoms with Gasteiger partial charge in [-0.05, 0) is 55.0 Å². The van der Waals surface area contributed by atoms with Gasteiger partial charge in [-0.25, -0.2) is 5.43 Å². The smallest absolute Gasteiger partial charge is 0.245 e. The molecule has 1 fully saturated rings. The van der Waals surface area contributed by atoms with E-state index in [1.807, 2.05) is 31.2 Å². The van der Waals surface area contributed by atoms with Crippen LogP contribution in [-0.4, -0.2) is 45.4 Å². The van der Waals surface area contributed by atoms with Gasteiger partial charge in [-0.1, -0.05) is 0 Å². The Hall–Kier alpha value is -3.55. The summed E-state index contributed by atoms with van der Waals surface area (Å²) < 4.78 is 15.9. The average molecular weight is 411 g/mol. The summed E-state index contributed by atoms with van der Waals surface area (Å²) in [6.07, 6.45) is 1.66. The van der Waals surface area contributed by atoms with Crippen molar-refractivity contribution in [2.45, 2.75) is 13.3 Å². The van der Waals surface area contributed by atoms with Crippen molar-refractivity contribution in [1.82, 2.24) is 5.43 Å². The first kappa shape index (κ1) is 21.2.